The van der Waals surface area contributed by atoms with Gasteiger partial charge >= 0.3 is 12.3 Å². The molecule has 108 valence electrons. The van der Waals surface area contributed by atoms with Crippen LogP contribution in [0.3, 0.4) is 0 Å². The van der Waals surface area contributed by atoms with Gasteiger partial charge in [0.2, 0.25) is 0 Å². The fourth-order valence-electron chi connectivity index (χ4n) is 1.46. The second-order valence-electron chi connectivity index (χ2n) is 3.98. The molecule has 3 N–H and O–H groups in total. The molecule has 2 aromatic rings. The zero-order chi connectivity index (χ0) is 14.9. The number of carbonyl (C=O) groups excluding carboxylic acids is 1. The van der Waals surface area contributed by atoms with E-state index in [-0.39, 0.29) is 5.56 Å². The van der Waals surface area contributed by atoms with Crippen LogP contribution in [0.15, 0.2) is 18.2 Å². The van der Waals surface area contributed by atoms with Gasteiger partial charge in [0.05, 0.1) is 16.8 Å². The second kappa shape index (κ2) is 5.23. The van der Waals surface area contributed by atoms with E-state index in [1.165, 1.54) is 18.2 Å². The number of anilines is 1. The Morgan fingerprint density at radius 2 is 2.15 bits per heavy atom. The van der Waals surface area contributed by atoms with Crippen molar-refractivity contribution in [2.45, 2.75) is 12.3 Å². The topological polar surface area (TPSA) is 68.0 Å². The molecular formula is C11H9F4N3OS. The van der Waals surface area contributed by atoms with Gasteiger partial charge in [-0.05, 0) is 18.2 Å². The fraction of sp³-hybridized carbons (Fsp3) is 0.273. The monoisotopic (exact) mass is 307 g/mol. The molecule has 0 unspecified atom stereocenters. The maximum absolute atomic E-state index is 12.7. The number of nitrogens with one attached hydrogen (secondary N) is 1. The number of nitrogens with two attached hydrogens (primary N) is 1. The zero-order valence-corrected chi connectivity index (χ0v) is 10.7. The van der Waals surface area contributed by atoms with E-state index in [1.54, 1.807) is 5.32 Å². The summed E-state index contributed by atoms with van der Waals surface area (Å²) in [5.41, 5.74) is 6.14. The number of carbonyl (C=O) groups is 1. The molecule has 2 rings (SSSR count). The van der Waals surface area contributed by atoms with Crippen LogP contribution in [0.25, 0.3) is 10.2 Å². The summed E-state index contributed by atoms with van der Waals surface area (Å²) in [6.45, 7) is -1.42. The highest BCUT2D eigenvalue weighted by atomic mass is 32.1. The van der Waals surface area contributed by atoms with Crippen molar-refractivity contribution in [1.29, 1.82) is 0 Å². The largest absolute Gasteiger partial charge is 0.375 e. The van der Waals surface area contributed by atoms with Crippen molar-refractivity contribution >= 4 is 32.6 Å². The first-order valence-electron chi connectivity index (χ1n) is 5.40. The molecule has 20 heavy (non-hydrogen) atoms. The lowest BCUT2D eigenvalue weighted by molar-refractivity contribution is -0.123. The average Bonchev–Trinajstić information content (AvgIpc) is 2.74. The molecule has 1 aromatic carbocycles. The van der Waals surface area contributed by atoms with Crippen LogP contribution in [0.5, 0.6) is 0 Å². The number of nitrogens with zero attached hydrogens (tertiary/aromatic N) is 1. The molecule has 0 fully saturated rings. The van der Waals surface area contributed by atoms with E-state index in [9.17, 15) is 22.4 Å². The summed E-state index contributed by atoms with van der Waals surface area (Å²) in [6, 6.07) is 4.28. The molecular weight excluding hydrogens is 298 g/mol. The van der Waals surface area contributed by atoms with Crippen LogP contribution in [0.4, 0.5) is 22.7 Å². The van der Waals surface area contributed by atoms with Crippen LogP contribution in [0, 0.1) is 0 Å². The second-order valence-corrected chi connectivity index (χ2v) is 5.04. The zero-order valence-electron chi connectivity index (χ0n) is 9.87. The van der Waals surface area contributed by atoms with Gasteiger partial charge in [-0.25, -0.2) is 13.8 Å². The summed E-state index contributed by atoms with van der Waals surface area (Å²) in [5.74, 6) is -5.12. The summed E-state index contributed by atoms with van der Waals surface area (Å²) < 4.78 is 49.9. The minimum Gasteiger partial charge on any atom is -0.375 e. The van der Waals surface area contributed by atoms with E-state index in [0.29, 0.717) is 15.3 Å². The first-order chi connectivity index (χ1) is 9.29. The Morgan fingerprint density at radius 1 is 1.45 bits per heavy atom. The Balaban J connectivity index is 2.11. The van der Waals surface area contributed by atoms with Crippen LogP contribution in [-0.2, 0) is 0 Å². The molecule has 0 radical (unpaired) electrons. The Kier molecular flexibility index (Phi) is 3.80. The Morgan fingerprint density at radius 3 is 2.80 bits per heavy atom. The van der Waals surface area contributed by atoms with Gasteiger partial charge < -0.3 is 11.1 Å². The van der Waals surface area contributed by atoms with E-state index in [0.717, 1.165) is 11.3 Å². The van der Waals surface area contributed by atoms with Crippen LogP contribution in [0.1, 0.15) is 10.4 Å². The number of amides is 1. The standard InChI is InChI=1S/C11H9F4N3OS/c12-9(13)11(14,15)4-17-8(19)5-1-2-6-7(3-5)20-10(16)18-6/h1-3,9H,4H2,(H2,16,18)(H,17,19). The highest BCUT2D eigenvalue weighted by Gasteiger charge is 2.40. The summed E-state index contributed by atoms with van der Waals surface area (Å²) in [4.78, 5) is 15.6. The summed E-state index contributed by atoms with van der Waals surface area (Å²) in [6.07, 6.45) is -3.83. The van der Waals surface area contributed by atoms with Crippen LogP contribution >= 0.6 is 11.3 Å². The van der Waals surface area contributed by atoms with E-state index in [4.69, 9.17) is 5.73 Å². The van der Waals surface area contributed by atoms with Crippen molar-refractivity contribution in [3.8, 4) is 0 Å². The SMILES string of the molecule is Nc1nc2ccc(C(=O)NCC(F)(F)C(F)F)cc2s1. The number of alkyl halides is 4. The van der Waals surface area contributed by atoms with E-state index in [1.807, 2.05) is 0 Å². The predicted molar refractivity (Wildman–Crippen MR) is 67.3 cm³/mol. The molecule has 0 atom stereocenters. The van der Waals surface area contributed by atoms with E-state index in [2.05, 4.69) is 4.98 Å². The van der Waals surface area contributed by atoms with Crippen LogP contribution in [0.2, 0.25) is 0 Å². The number of thiazole rings is 1. The first-order valence-corrected chi connectivity index (χ1v) is 6.21. The predicted octanol–water partition coefficient (Wildman–Crippen LogP) is 2.51. The van der Waals surface area contributed by atoms with Gasteiger partial charge in [-0.2, -0.15) is 8.78 Å². The molecule has 0 bridgehead atoms. The number of fused-ring (bicyclic) bond motifs is 1. The molecule has 4 nitrogen and oxygen atoms in total. The lowest BCUT2D eigenvalue weighted by Gasteiger charge is -2.15. The average molecular weight is 307 g/mol. The summed E-state index contributed by atoms with van der Waals surface area (Å²) in [7, 11) is 0. The third kappa shape index (κ3) is 2.98. The van der Waals surface area contributed by atoms with Crippen molar-refractivity contribution in [2.24, 2.45) is 0 Å². The highest BCUT2D eigenvalue weighted by molar-refractivity contribution is 7.22. The van der Waals surface area contributed by atoms with Gasteiger partial charge in [-0.15, -0.1) is 0 Å². The number of halogens is 4. The van der Waals surface area contributed by atoms with Crippen LogP contribution < -0.4 is 11.1 Å². The fourth-order valence-corrected chi connectivity index (χ4v) is 2.23. The molecule has 0 aliphatic carbocycles. The number of hydrogen-bond acceptors (Lipinski definition) is 4. The van der Waals surface area contributed by atoms with Crippen molar-refractivity contribution in [1.82, 2.24) is 10.3 Å². The number of rotatable bonds is 4. The van der Waals surface area contributed by atoms with Crippen molar-refractivity contribution in [3.05, 3.63) is 23.8 Å². The molecule has 0 saturated carbocycles. The van der Waals surface area contributed by atoms with Gasteiger partial charge in [0.1, 0.15) is 0 Å². The molecule has 1 aromatic heterocycles. The van der Waals surface area contributed by atoms with Crippen molar-refractivity contribution < 1.29 is 22.4 Å². The highest BCUT2D eigenvalue weighted by Crippen LogP contribution is 2.25. The molecule has 0 aliphatic heterocycles. The van der Waals surface area contributed by atoms with E-state index < -0.39 is 24.8 Å². The summed E-state index contributed by atoms with van der Waals surface area (Å²) in [5, 5.41) is 2.08. The first kappa shape index (κ1) is 14.5. The van der Waals surface area contributed by atoms with Gasteiger partial charge in [-0.1, -0.05) is 11.3 Å². The molecule has 1 heterocycles. The molecule has 0 aliphatic rings. The Labute approximate surface area is 114 Å². The van der Waals surface area contributed by atoms with Gasteiger partial charge in [0, 0.05) is 5.56 Å². The third-order valence-electron chi connectivity index (χ3n) is 2.47. The van der Waals surface area contributed by atoms with Crippen molar-refractivity contribution in [3.63, 3.8) is 0 Å². The van der Waals surface area contributed by atoms with Gasteiger partial charge in [0.15, 0.2) is 5.13 Å². The number of nitrogen functional groups attached to an aromatic ring is 1. The Hall–Kier alpha value is -1.90. The van der Waals surface area contributed by atoms with E-state index >= 15 is 0 Å². The maximum Gasteiger partial charge on any atom is 0.324 e. The minimum absolute atomic E-state index is 0.0752. The smallest absolute Gasteiger partial charge is 0.324 e. The Bertz CT molecular complexity index is 644. The normalized spacial score (nSPS) is 12.1. The van der Waals surface area contributed by atoms with Crippen LogP contribution in [-0.4, -0.2) is 29.8 Å². The quantitative estimate of drug-likeness (QED) is 0.853. The molecule has 0 spiro atoms. The summed E-state index contributed by atoms with van der Waals surface area (Å²) >= 11 is 1.13. The lowest BCUT2D eigenvalue weighted by Crippen LogP contribution is -2.41. The lowest BCUT2D eigenvalue weighted by atomic mass is 10.2. The molecule has 9 heteroatoms. The third-order valence-corrected chi connectivity index (χ3v) is 3.32. The molecule has 1 amide bonds. The number of benzene rings is 1. The molecule has 0 saturated heterocycles. The minimum atomic E-state index is -4.26. The van der Waals surface area contributed by atoms with Crippen molar-refractivity contribution in [2.75, 3.05) is 12.3 Å². The number of aromatic nitrogens is 1. The maximum atomic E-state index is 12.7. The van der Waals surface area contributed by atoms with Gasteiger partial charge in [0.25, 0.3) is 5.91 Å². The number of hydrogen-bond donors (Lipinski definition) is 2. The van der Waals surface area contributed by atoms with Gasteiger partial charge in [-0.3, -0.25) is 4.79 Å².